The number of aromatic nitrogens is 1. The molecule has 1 saturated heterocycles. The van der Waals surface area contributed by atoms with Crippen LogP contribution in [0.5, 0.6) is 11.6 Å². The number of amides is 2. The van der Waals surface area contributed by atoms with Gasteiger partial charge in [-0.15, -0.1) is 0 Å². The molecule has 2 amide bonds. The van der Waals surface area contributed by atoms with Crippen molar-refractivity contribution in [1.29, 1.82) is 0 Å². The quantitative estimate of drug-likeness (QED) is 0.876. The summed E-state index contributed by atoms with van der Waals surface area (Å²) in [6, 6.07) is 10.8. The Labute approximate surface area is 151 Å². The number of carbonyl (C=O) groups is 2. The zero-order valence-corrected chi connectivity index (χ0v) is 14.5. The first kappa shape index (κ1) is 17.7. The number of aliphatic carboxylic acids is 1. The van der Waals surface area contributed by atoms with Gasteiger partial charge in [0.2, 0.25) is 5.88 Å². The highest BCUT2D eigenvalue weighted by Gasteiger charge is 2.26. The van der Waals surface area contributed by atoms with E-state index < -0.39 is 5.97 Å². The fourth-order valence-corrected chi connectivity index (χ4v) is 2.77. The molecule has 1 aliphatic heterocycles. The second-order valence-corrected chi connectivity index (χ2v) is 6.33. The molecule has 3 rings (SSSR count). The van der Waals surface area contributed by atoms with Crippen molar-refractivity contribution in [2.45, 2.75) is 19.8 Å². The molecule has 0 saturated carbocycles. The highest BCUT2D eigenvalue weighted by Crippen LogP contribution is 2.22. The standard InChI is InChI=1S/C19H21N3O4/c1-13-2-5-16(6-3-13)26-17-7-4-15(12-20-17)21-19(25)22-10-8-14(9-11-22)18(23)24/h2-7,12,14H,8-11H2,1H3,(H,21,25)(H,23,24). The first-order valence-corrected chi connectivity index (χ1v) is 8.50. The van der Waals surface area contributed by atoms with Crippen LogP contribution in [0.3, 0.4) is 0 Å². The number of ether oxygens (including phenoxy) is 1. The number of nitrogens with zero attached hydrogens (tertiary/aromatic N) is 2. The van der Waals surface area contributed by atoms with Crippen molar-refractivity contribution in [3.63, 3.8) is 0 Å². The van der Waals surface area contributed by atoms with Gasteiger partial charge in [-0.3, -0.25) is 4.79 Å². The maximum Gasteiger partial charge on any atom is 0.321 e. The third-order valence-electron chi connectivity index (χ3n) is 4.36. The zero-order chi connectivity index (χ0) is 18.5. The number of carboxylic acids is 1. The van der Waals surface area contributed by atoms with Gasteiger partial charge in [0.15, 0.2) is 0 Å². The summed E-state index contributed by atoms with van der Waals surface area (Å²) in [5.41, 5.74) is 1.71. The van der Waals surface area contributed by atoms with Gasteiger partial charge in [-0.05, 0) is 38.0 Å². The van der Waals surface area contributed by atoms with E-state index in [2.05, 4.69) is 10.3 Å². The lowest BCUT2D eigenvalue weighted by Crippen LogP contribution is -2.42. The Hall–Kier alpha value is -3.09. The predicted octanol–water partition coefficient (Wildman–Crippen LogP) is 3.51. The third kappa shape index (κ3) is 4.50. The molecule has 1 aromatic heterocycles. The summed E-state index contributed by atoms with van der Waals surface area (Å²) in [6.45, 7) is 2.87. The van der Waals surface area contributed by atoms with Crippen LogP contribution in [-0.2, 0) is 4.79 Å². The van der Waals surface area contributed by atoms with E-state index in [-0.39, 0.29) is 11.9 Å². The molecule has 0 radical (unpaired) electrons. The van der Waals surface area contributed by atoms with Gasteiger partial charge in [-0.2, -0.15) is 0 Å². The Morgan fingerprint density at radius 2 is 1.85 bits per heavy atom. The van der Waals surface area contributed by atoms with E-state index >= 15 is 0 Å². The minimum absolute atomic E-state index is 0.247. The van der Waals surface area contributed by atoms with Gasteiger partial charge >= 0.3 is 12.0 Å². The Balaban J connectivity index is 1.53. The minimum Gasteiger partial charge on any atom is -0.481 e. The number of aryl methyl sites for hydroxylation is 1. The number of hydrogen-bond acceptors (Lipinski definition) is 4. The number of carboxylic acid groups (broad SMARTS) is 1. The number of carbonyl (C=O) groups excluding carboxylic acids is 1. The summed E-state index contributed by atoms with van der Waals surface area (Å²) in [4.78, 5) is 29.0. The first-order valence-electron chi connectivity index (χ1n) is 8.50. The fraction of sp³-hybridized carbons (Fsp3) is 0.316. The molecule has 0 bridgehead atoms. The van der Waals surface area contributed by atoms with Crippen molar-refractivity contribution < 1.29 is 19.4 Å². The van der Waals surface area contributed by atoms with Crippen molar-refractivity contribution in [2.24, 2.45) is 5.92 Å². The van der Waals surface area contributed by atoms with Gasteiger partial charge in [0, 0.05) is 19.2 Å². The predicted molar refractivity (Wildman–Crippen MR) is 96.4 cm³/mol. The van der Waals surface area contributed by atoms with Crippen molar-refractivity contribution >= 4 is 17.7 Å². The summed E-state index contributed by atoms with van der Waals surface area (Å²) in [6.07, 6.45) is 2.49. The summed E-state index contributed by atoms with van der Waals surface area (Å²) < 4.78 is 5.65. The number of hydrogen-bond donors (Lipinski definition) is 2. The normalized spacial score (nSPS) is 14.7. The molecular weight excluding hydrogens is 334 g/mol. The number of piperidine rings is 1. The van der Waals surface area contributed by atoms with Crippen LogP contribution < -0.4 is 10.1 Å². The summed E-state index contributed by atoms with van der Waals surface area (Å²) in [7, 11) is 0. The second-order valence-electron chi connectivity index (χ2n) is 6.33. The monoisotopic (exact) mass is 355 g/mol. The van der Waals surface area contributed by atoms with Crippen LogP contribution in [0.4, 0.5) is 10.5 Å². The molecule has 2 aromatic rings. The number of benzene rings is 1. The van der Waals surface area contributed by atoms with Gasteiger partial charge in [0.1, 0.15) is 5.75 Å². The number of nitrogens with one attached hydrogen (secondary N) is 1. The maximum absolute atomic E-state index is 12.3. The zero-order valence-electron chi connectivity index (χ0n) is 14.5. The van der Waals surface area contributed by atoms with Crippen LogP contribution in [-0.4, -0.2) is 40.1 Å². The lowest BCUT2D eigenvalue weighted by atomic mass is 9.97. The Morgan fingerprint density at radius 3 is 2.42 bits per heavy atom. The van der Waals surface area contributed by atoms with E-state index in [1.807, 2.05) is 31.2 Å². The molecule has 0 unspecified atom stereocenters. The van der Waals surface area contributed by atoms with Crippen LogP contribution in [0.25, 0.3) is 0 Å². The van der Waals surface area contributed by atoms with E-state index in [4.69, 9.17) is 9.84 Å². The molecule has 1 aliphatic rings. The number of anilines is 1. The van der Waals surface area contributed by atoms with Crippen LogP contribution >= 0.6 is 0 Å². The van der Waals surface area contributed by atoms with Gasteiger partial charge in [0.25, 0.3) is 0 Å². The van der Waals surface area contributed by atoms with Crippen molar-refractivity contribution in [3.8, 4) is 11.6 Å². The SMILES string of the molecule is Cc1ccc(Oc2ccc(NC(=O)N3CCC(C(=O)O)CC3)cn2)cc1. The van der Waals surface area contributed by atoms with E-state index in [0.717, 1.165) is 5.56 Å². The lowest BCUT2D eigenvalue weighted by molar-refractivity contribution is -0.143. The first-order chi connectivity index (χ1) is 12.5. The Bertz CT molecular complexity index is 766. The average Bonchev–Trinajstić information content (AvgIpc) is 2.65. The van der Waals surface area contributed by atoms with Crippen LogP contribution in [0.2, 0.25) is 0 Å². The van der Waals surface area contributed by atoms with Crippen molar-refractivity contribution in [3.05, 3.63) is 48.2 Å². The molecule has 1 aromatic carbocycles. The molecule has 1 fully saturated rings. The molecule has 7 nitrogen and oxygen atoms in total. The molecule has 0 aliphatic carbocycles. The highest BCUT2D eigenvalue weighted by atomic mass is 16.5. The van der Waals surface area contributed by atoms with Crippen molar-refractivity contribution in [1.82, 2.24) is 9.88 Å². The smallest absolute Gasteiger partial charge is 0.321 e. The van der Waals surface area contributed by atoms with E-state index in [1.54, 1.807) is 17.0 Å². The Kier molecular flexibility index (Phi) is 5.36. The number of urea groups is 1. The molecule has 2 N–H and O–H groups in total. The number of pyridine rings is 1. The van der Waals surface area contributed by atoms with E-state index in [1.165, 1.54) is 6.20 Å². The maximum atomic E-state index is 12.3. The van der Waals surface area contributed by atoms with E-state index in [0.29, 0.717) is 43.2 Å². The summed E-state index contributed by atoms with van der Waals surface area (Å²) in [5.74, 6) is -0.0207. The largest absolute Gasteiger partial charge is 0.481 e. The van der Waals surface area contributed by atoms with Gasteiger partial charge in [-0.25, -0.2) is 9.78 Å². The van der Waals surface area contributed by atoms with Crippen molar-refractivity contribution in [2.75, 3.05) is 18.4 Å². The summed E-state index contributed by atoms with van der Waals surface area (Å²) in [5, 5.41) is 11.8. The molecule has 26 heavy (non-hydrogen) atoms. The van der Waals surface area contributed by atoms with Crippen LogP contribution in [0.15, 0.2) is 42.6 Å². The average molecular weight is 355 g/mol. The molecule has 136 valence electrons. The highest BCUT2D eigenvalue weighted by molar-refractivity contribution is 5.89. The Morgan fingerprint density at radius 1 is 1.15 bits per heavy atom. The number of rotatable bonds is 4. The van der Waals surface area contributed by atoms with Gasteiger partial charge < -0.3 is 20.1 Å². The third-order valence-corrected chi connectivity index (χ3v) is 4.36. The lowest BCUT2D eigenvalue weighted by Gasteiger charge is -2.30. The molecule has 7 heteroatoms. The molecule has 2 heterocycles. The second kappa shape index (κ2) is 7.86. The van der Waals surface area contributed by atoms with Crippen LogP contribution in [0, 0.1) is 12.8 Å². The van der Waals surface area contributed by atoms with E-state index in [9.17, 15) is 9.59 Å². The number of likely N-dealkylation sites (tertiary alicyclic amines) is 1. The molecule has 0 atom stereocenters. The topological polar surface area (TPSA) is 91.8 Å². The van der Waals surface area contributed by atoms with Gasteiger partial charge in [-0.1, -0.05) is 17.7 Å². The van der Waals surface area contributed by atoms with Crippen LogP contribution in [0.1, 0.15) is 18.4 Å². The minimum atomic E-state index is -0.793. The molecular formula is C19H21N3O4. The molecule has 0 spiro atoms. The summed E-state index contributed by atoms with van der Waals surface area (Å²) >= 11 is 0. The van der Waals surface area contributed by atoms with Gasteiger partial charge in [0.05, 0.1) is 17.8 Å². The fourth-order valence-electron chi connectivity index (χ4n) is 2.77.